The first-order chi connectivity index (χ1) is 8.70. The van der Waals surface area contributed by atoms with E-state index in [1.807, 2.05) is 23.1 Å². The van der Waals surface area contributed by atoms with Gasteiger partial charge in [0.15, 0.2) is 0 Å². The molecule has 0 N–H and O–H groups in total. The number of benzene rings is 1. The van der Waals surface area contributed by atoms with E-state index in [2.05, 4.69) is 24.1 Å². The van der Waals surface area contributed by atoms with Crippen molar-refractivity contribution in [2.24, 2.45) is 5.41 Å². The third-order valence-corrected chi connectivity index (χ3v) is 4.39. The van der Waals surface area contributed by atoms with Crippen molar-refractivity contribution < 1.29 is 4.79 Å². The Labute approximate surface area is 108 Å². The second kappa shape index (κ2) is 4.39. The van der Waals surface area contributed by atoms with E-state index in [1.165, 1.54) is 5.56 Å². The van der Waals surface area contributed by atoms with Gasteiger partial charge in [-0.1, -0.05) is 30.3 Å². The van der Waals surface area contributed by atoms with Gasteiger partial charge in [-0.2, -0.15) is 0 Å². The Balaban J connectivity index is 1.62. The van der Waals surface area contributed by atoms with E-state index in [9.17, 15) is 4.79 Å². The van der Waals surface area contributed by atoms with E-state index < -0.39 is 0 Å². The monoisotopic (exact) mass is 244 g/mol. The number of rotatable bonds is 2. The third-order valence-electron chi connectivity index (χ3n) is 4.39. The van der Waals surface area contributed by atoms with Crippen molar-refractivity contribution in [3.05, 3.63) is 35.9 Å². The molecule has 1 aromatic carbocycles. The van der Waals surface area contributed by atoms with Gasteiger partial charge in [0, 0.05) is 13.1 Å². The first-order valence-corrected chi connectivity index (χ1v) is 6.71. The van der Waals surface area contributed by atoms with Crippen molar-refractivity contribution in [1.29, 1.82) is 0 Å². The molecule has 3 heteroatoms. The number of piperidine rings is 1. The number of carbonyl (C=O) groups is 1. The lowest BCUT2D eigenvalue weighted by atomic mass is 9.71. The lowest BCUT2D eigenvalue weighted by molar-refractivity contribution is -0.166. The normalized spacial score (nSPS) is 23.2. The van der Waals surface area contributed by atoms with Crippen LogP contribution in [0.5, 0.6) is 0 Å². The molecule has 0 radical (unpaired) electrons. The zero-order valence-corrected chi connectivity index (χ0v) is 10.9. The second-order valence-corrected chi connectivity index (χ2v) is 5.73. The summed E-state index contributed by atoms with van der Waals surface area (Å²) in [7, 11) is 2.14. The highest BCUT2D eigenvalue weighted by molar-refractivity contribution is 5.88. The SMILES string of the molecule is CN1CCC2(CC1)CN(Cc1ccccc1)C2=O. The molecule has 2 saturated heterocycles. The van der Waals surface area contributed by atoms with Crippen molar-refractivity contribution in [3.63, 3.8) is 0 Å². The standard InChI is InChI=1S/C15H20N2O/c1-16-9-7-15(8-10-16)12-17(14(15)18)11-13-5-3-2-4-6-13/h2-6H,7-12H2,1H3. The first-order valence-electron chi connectivity index (χ1n) is 6.71. The number of amides is 1. The van der Waals surface area contributed by atoms with Crippen LogP contribution in [0.4, 0.5) is 0 Å². The summed E-state index contributed by atoms with van der Waals surface area (Å²) in [6, 6.07) is 10.3. The van der Waals surface area contributed by atoms with Crippen LogP contribution in [0.25, 0.3) is 0 Å². The zero-order valence-electron chi connectivity index (χ0n) is 10.9. The molecule has 0 aromatic heterocycles. The number of β-lactam (4-membered cyclic amide) rings is 1. The van der Waals surface area contributed by atoms with Crippen LogP contribution in [0.15, 0.2) is 30.3 Å². The summed E-state index contributed by atoms with van der Waals surface area (Å²) >= 11 is 0. The Hall–Kier alpha value is -1.35. The predicted octanol–water partition coefficient (Wildman–Crippen LogP) is 1.74. The van der Waals surface area contributed by atoms with Crippen LogP contribution in [0.2, 0.25) is 0 Å². The predicted molar refractivity (Wildman–Crippen MR) is 71.0 cm³/mol. The topological polar surface area (TPSA) is 23.6 Å². The Morgan fingerprint density at radius 1 is 1.17 bits per heavy atom. The molecule has 3 rings (SSSR count). The highest BCUT2D eigenvalue weighted by Gasteiger charge is 2.52. The average molecular weight is 244 g/mol. The quantitative estimate of drug-likeness (QED) is 0.740. The summed E-state index contributed by atoms with van der Waals surface area (Å²) in [6.07, 6.45) is 2.07. The molecular formula is C15H20N2O. The third kappa shape index (κ3) is 1.93. The van der Waals surface area contributed by atoms with Gasteiger partial charge in [0.2, 0.25) is 5.91 Å². The number of hydrogen-bond acceptors (Lipinski definition) is 2. The zero-order chi connectivity index (χ0) is 12.6. The lowest BCUT2D eigenvalue weighted by Crippen LogP contribution is -2.63. The Morgan fingerprint density at radius 3 is 2.44 bits per heavy atom. The largest absolute Gasteiger partial charge is 0.337 e. The Kier molecular flexibility index (Phi) is 2.86. The van der Waals surface area contributed by atoms with Gasteiger partial charge in [-0.25, -0.2) is 0 Å². The second-order valence-electron chi connectivity index (χ2n) is 5.73. The summed E-state index contributed by atoms with van der Waals surface area (Å²) in [4.78, 5) is 16.7. The molecule has 18 heavy (non-hydrogen) atoms. The van der Waals surface area contributed by atoms with E-state index in [4.69, 9.17) is 0 Å². The van der Waals surface area contributed by atoms with Gasteiger partial charge < -0.3 is 9.80 Å². The van der Waals surface area contributed by atoms with Gasteiger partial charge in [0.25, 0.3) is 0 Å². The van der Waals surface area contributed by atoms with Crippen molar-refractivity contribution in [2.75, 3.05) is 26.7 Å². The van der Waals surface area contributed by atoms with E-state index in [0.717, 1.165) is 39.0 Å². The van der Waals surface area contributed by atoms with Crippen LogP contribution in [-0.2, 0) is 11.3 Å². The summed E-state index contributed by atoms with van der Waals surface area (Å²) in [5.41, 5.74) is 1.22. The van der Waals surface area contributed by atoms with Crippen molar-refractivity contribution in [1.82, 2.24) is 9.80 Å². The minimum Gasteiger partial charge on any atom is -0.337 e. The van der Waals surface area contributed by atoms with Crippen LogP contribution in [-0.4, -0.2) is 42.4 Å². The minimum atomic E-state index is -0.0126. The summed E-state index contributed by atoms with van der Waals surface area (Å²) in [5.74, 6) is 0.374. The highest BCUT2D eigenvalue weighted by Crippen LogP contribution is 2.42. The molecule has 2 aliphatic rings. The minimum absolute atomic E-state index is 0.0126. The van der Waals surface area contributed by atoms with Crippen LogP contribution < -0.4 is 0 Å². The van der Waals surface area contributed by atoms with Crippen molar-refractivity contribution in [3.8, 4) is 0 Å². The lowest BCUT2D eigenvalue weighted by Gasteiger charge is -2.52. The molecule has 1 spiro atoms. The molecule has 0 unspecified atom stereocenters. The van der Waals surface area contributed by atoms with E-state index in [0.29, 0.717) is 5.91 Å². The molecule has 2 fully saturated rings. The van der Waals surface area contributed by atoms with E-state index >= 15 is 0 Å². The molecule has 0 saturated carbocycles. The van der Waals surface area contributed by atoms with Crippen molar-refractivity contribution >= 4 is 5.91 Å². The molecule has 0 aliphatic carbocycles. The molecule has 1 amide bonds. The van der Waals surface area contributed by atoms with Crippen LogP contribution in [0.3, 0.4) is 0 Å². The van der Waals surface area contributed by atoms with Gasteiger partial charge in [-0.15, -0.1) is 0 Å². The van der Waals surface area contributed by atoms with Crippen LogP contribution in [0.1, 0.15) is 18.4 Å². The molecule has 96 valence electrons. The van der Waals surface area contributed by atoms with Gasteiger partial charge in [0.05, 0.1) is 5.41 Å². The fourth-order valence-corrected chi connectivity index (χ4v) is 3.10. The van der Waals surface area contributed by atoms with Gasteiger partial charge >= 0.3 is 0 Å². The number of carbonyl (C=O) groups excluding carboxylic acids is 1. The molecular weight excluding hydrogens is 224 g/mol. The summed E-state index contributed by atoms with van der Waals surface area (Å²) in [6.45, 7) is 3.85. The van der Waals surface area contributed by atoms with Gasteiger partial charge in [-0.05, 0) is 38.5 Å². The molecule has 0 atom stereocenters. The van der Waals surface area contributed by atoms with E-state index in [-0.39, 0.29) is 5.41 Å². The maximum atomic E-state index is 12.4. The van der Waals surface area contributed by atoms with E-state index in [1.54, 1.807) is 0 Å². The molecule has 1 aromatic rings. The summed E-state index contributed by atoms with van der Waals surface area (Å²) in [5, 5.41) is 0. The summed E-state index contributed by atoms with van der Waals surface area (Å²) < 4.78 is 0. The Bertz CT molecular complexity index is 435. The number of likely N-dealkylation sites (tertiary alicyclic amines) is 2. The van der Waals surface area contributed by atoms with Gasteiger partial charge in [0.1, 0.15) is 0 Å². The molecule has 3 nitrogen and oxygen atoms in total. The van der Waals surface area contributed by atoms with Crippen LogP contribution >= 0.6 is 0 Å². The number of hydrogen-bond donors (Lipinski definition) is 0. The smallest absolute Gasteiger partial charge is 0.231 e. The first kappa shape index (κ1) is 11.7. The fraction of sp³-hybridized carbons (Fsp3) is 0.533. The highest BCUT2D eigenvalue weighted by atomic mass is 16.2. The van der Waals surface area contributed by atoms with Crippen LogP contribution in [0, 0.1) is 5.41 Å². The maximum absolute atomic E-state index is 12.4. The van der Waals surface area contributed by atoms with Crippen molar-refractivity contribution in [2.45, 2.75) is 19.4 Å². The number of nitrogens with zero attached hydrogens (tertiary/aromatic N) is 2. The molecule has 0 bridgehead atoms. The Morgan fingerprint density at radius 2 is 1.83 bits per heavy atom. The fourth-order valence-electron chi connectivity index (χ4n) is 3.10. The van der Waals surface area contributed by atoms with Gasteiger partial charge in [-0.3, -0.25) is 4.79 Å². The average Bonchev–Trinajstić information content (AvgIpc) is 2.41. The molecule has 2 aliphatic heterocycles. The molecule has 2 heterocycles. The maximum Gasteiger partial charge on any atom is 0.231 e.